The third-order valence-electron chi connectivity index (χ3n) is 4.89. The highest BCUT2D eigenvalue weighted by molar-refractivity contribution is 5.97. The van der Waals surface area contributed by atoms with E-state index in [9.17, 15) is 9.59 Å². The van der Waals surface area contributed by atoms with E-state index in [4.69, 9.17) is 14.6 Å². The van der Waals surface area contributed by atoms with Crippen LogP contribution < -0.4 is 4.74 Å². The summed E-state index contributed by atoms with van der Waals surface area (Å²) < 4.78 is 9.88. The van der Waals surface area contributed by atoms with Gasteiger partial charge in [0.25, 0.3) is 0 Å². The van der Waals surface area contributed by atoms with Crippen LogP contribution in [0, 0.1) is 0 Å². The Labute approximate surface area is 152 Å². The van der Waals surface area contributed by atoms with Crippen molar-refractivity contribution in [1.82, 2.24) is 0 Å². The number of benzene rings is 2. The average molecular weight is 354 g/mol. The van der Waals surface area contributed by atoms with E-state index in [0.717, 1.165) is 42.4 Å². The molecule has 1 saturated carbocycles. The van der Waals surface area contributed by atoms with Gasteiger partial charge in [0.15, 0.2) is 0 Å². The summed E-state index contributed by atoms with van der Waals surface area (Å²) in [7, 11) is 1.30. The fourth-order valence-electron chi connectivity index (χ4n) is 3.78. The van der Waals surface area contributed by atoms with Crippen molar-refractivity contribution >= 4 is 12.1 Å². The lowest BCUT2D eigenvalue weighted by Crippen LogP contribution is -2.16. The van der Waals surface area contributed by atoms with Crippen LogP contribution in [0.1, 0.15) is 53.9 Å². The number of hydrogen-bond acceptors (Lipinski definition) is 4. The number of carboxylic acid groups (broad SMARTS) is 1. The highest BCUT2D eigenvalue weighted by Crippen LogP contribution is 2.43. The quantitative estimate of drug-likeness (QED) is 0.600. The third kappa shape index (κ3) is 3.72. The molecule has 1 fully saturated rings. The van der Waals surface area contributed by atoms with Gasteiger partial charge in [-0.25, -0.2) is 9.59 Å². The molecule has 2 aromatic rings. The van der Waals surface area contributed by atoms with Crippen LogP contribution in [0.4, 0.5) is 4.79 Å². The maximum Gasteiger partial charge on any atom is 0.511 e. The highest BCUT2D eigenvalue weighted by Gasteiger charge is 2.29. The maximum atomic E-state index is 12.6. The van der Waals surface area contributed by atoms with Gasteiger partial charge in [-0.05, 0) is 41.5 Å². The van der Waals surface area contributed by atoms with Crippen molar-refractivity contribution < 1.29 is 24.2 Å². The van der Waals surface area contributed by atoms with Crippen molar-refractivity contribution in [3.8, 4) is 16.9 Å². The Morgan fingerprint density at radius 1 is 1.00 bits per heavy atom. The molecule has 26 heavy (non-hydrogen) atoms. The second-order valence-corrected chi connectivity index (χ2v) is 6.46. The lowest BCUT2D eigenvalue weighted by molar-refractivity contribution is 0.0594. The Morgan fingerprint density at radius 2 is 1.69 bits per heavy atom. The first-order valence-electron chi connectivity index (χ1n) is 8.83. The van der Waals surface area contributed by atoms with Crippen LogP contribution in [-0.4, -0.2) is 24.3 Å². The highest BCUT2D eigenvalue weighted by atomic mass is 16.7. The summed E-state index contributed by atoms with van der Waals surface area (Å²) in [6.45, 7) is 0. The molecule has 5 nitrogen and oxygen atoms in total. The van der Waals surface area contributed by atoms with Crippen molar-refractivity contribution in [2.75, 3.05) is 7.11 Å². The Morgan fingerprint density at radius 3 is 2.31 bits per heavy atom. The van der Waals surface area contributed by atoms with Crippen molar-refractivity contribution in [1.29, 1.82) is 0 Å². The van der Waals surface area contributed by atoms with Crippen LogP contribution in [0.15, 0.2) is 42.5 Å². The van der Waals surface area contributed by atoms with E-state index >= 15 is 0 Å². The molecule has 3 rings (SSSR count). The summed E-state index contributed by atoms with van der Waals surface area (Å²) in [6.07, 6.45) is 3.82. The van der Waals surface area contributed by atoms with Crippen LogP contribution in [-0.2, 0) is 4.74 Å². The first-order valence-corrected chi connectivity index (χ1v) is 8.83. The number of ether oxygens (including phenoxy) is 2. The normalized spacial score (nSPS) is 14.7. The molecule has 1 aliphatic rings. The Kier molecular flexibility index (Phi) is 5.56. The summed E-state index contributed by atoms with van der Waals surface area (Å²) in [6, 6.07) is 13.2. The van der Waals surface area contributed by atoms with Gasteiger partial charge in [0.05, 0.1) is 7.11 Å². The Bertz CT molecular complexity index is 792. The Hall–Kier alpha value is -2.82. The molecular weight excluding hydrogens is 332 g/mol. The summed E-state index contributed by atoms with van der Waals surface area (Å²) >= 11 is 0. The Balaban J connectivity index is 2.24. The van der Waals surface area contributed by atoms with Gasteiger partial charge in [0.2, 0.25) is 0 Å². The molecule has 0 heterocycles. The lowest BCUT2D eigenvalue weighted by atomic mass is 9.78. The molecule has 0 aromatic heterocycles. The van der Waals surface area contributed by atoms with E-state index in [1.54, 1.807) is 0 Å². The molecule has 0 amide bonds. The first kappa shape index (κ1) is 18.0. The standard InChI is InChI=1S/C21H22O5/c1-25-20(22)19-17(26-21(23)24)13-12-16(14-8-4-2-5-9-14)18(19)15-10-6-3-7-11-15/h2,4-5,8-9,12-13,15H,3,6-7,10-11H2,1H3,(H,23,24). The predicted molar refractivity (Wildman–Crippen MR) is 97.7 cm³/mol. The number of esters is 1. The fraction of sp³-hybridized carbons (Fsp3) is 0.333. The van der Waals surface area contributed by atoms with Crippen molar-refractivity contribution in [2.24, 2.45) is 0 Å². The second kappa shape index (κ2) is 8.04. The van der Waals surface area contributed by atoms with Crippen molar-refractivity contribution in [2.45, 2.75) is 38.0 Å². The maximum absolute atomic E-state index is 12.6. The first-order chi connectivity index (χ1) is 12.6. The van der Waals surface area contributed by atoms with Crippen molar-refractivity contribution in [3.63, 3.8) is 0 Å². The molecule has 0 radical (unpaired) electrons. The number of methoxy groups -OCH3 is 1. The molecule has 0 saturated heterocycles. The average Bonchev–Trinajstić information content (AvgIpc) is 2.68. The zero-order valence-electron chi connectivity index (χ0n) is 14.7. The van der Waals surface area contributed by atoms with Crippen LogP contribution in [0.3, 0.4) is 0 Å². The fourth-order valence-corrected chi connectivity index (χ4v) is 3.78. The molecule has 0 aliphatic heterocycles. The van der Waals surface area contributed by atoms with Gasteiger partial charge in [-0.3, -0.25) is 0 Å². The number of carbonyl (C=O) groups is 2. The summed E-state index contributed by atoms with van der Waals surface area (Å²) in [5.41, 5.74) is 2.97. The van der Waals surface area contributed by atoms with Gasteiger partial charge in [-0.1, -0.05) is 55.7 Å². The van der Waals surface area contributed by atoms with Crippen LogP contribution in [0.2, 0.25) is 0 Å². The van der Waals surface area contributed by atoms with Gasteiger partial charge in [-0.15, -0.1) is 0 Å². The van der Waals surface area contributed by atoms with E-state index in [0.29, 0.717) is 0 Å². The number of hydrogen-bond donors (Lipinski definition) is 1. The van der Waals surface area contributed by atoms with E-state index in [1.165, 1.54) is 19.6 Å². The van der Waals surface area contributed by atoms with Gasteiger partial charge < -0.3 is 14.6 Å². The SMILES string of the molecule is COC(=O)c1c(OC(=O)O)ccc(-c2ccccc2)c1C1CCCCC1. The summed E-state index contributed by atoms with van der Waals surface area (Å²) in [4.78, 5) is 23.7. The molecule has 136 valence electrons. The van der Waals surface area contributed by atoms with Gasteiger partial charge >= 0.3 is 12.1 Å². The minimum atomic E-state index is -1.45. The van der Waals surface area contributed by atoms with Crippen LogP contribution in [0.25, 0.3) is 11.1 Å². The van der Waals surface area contributed by atoms with E-state index in [2.05, 4.69) is 0 Å². The number of rotatable bonds is 4. The third-order valence-corrected chi connectivity index (χ3v) is 4.89. The minimum absolute atomic E-state index is 0.0320. The topological polar surface area (TPSA) is 72.8 Å². The molecule has 0 atom stereocenters. The summed E-state index contributed by atoms with van der Waals surface area (Å²) in [5.74, 6) is -0.366. The van der Waals surface area contributed by atoms with Gasteiger partial charge in [0.1, 0.15) is 11.3 Å². The number of carbonyl (C=O) groups excluding carboxylic acids is 1. The largest absolute Gasteiger partial charge is 0.511 e. The second-order valence-electron chi connectivity index (χ2n) is 6.46. The molecule has 1 aliphatic carbocycles. The molecule has 0 unspecified atom stereocenters. The lowest BCUT2D eigenvalue weighted by Gasteiger charge is -2.27. The van der Waals surface area contributed by atoms with E-state index < -0.39 is 12.1 Å². The van der Waals surface area contributed by atoms with Crippen LogP contribution in [0.5, 0.6) is 5.75 Å². The summed E-state index contributed by atoms with van der Waals surface area (Å²) in [5, 5.41) is 9.06. The van der Waals surface area contributed by atoms with Crippen molar-refractivity contribution in [3.05, 3.63) is 53.6 Å². The van der Waals surface area contributed by atoms with Crippen LogP contribution >= 0.6 is 0 Å². The minimum Gasteiger partial charge on any atom is -0.465 e. The predicted octanol–water partition coefficient (Wildman–Crippen LogP) is 5.24. The molecule has 5 heteroatoms. The molecule has 2 aromatic carbocycles. The van der Waals surface area contributed by atoms with E-state index in [-0.39, 0.29) is 17.2 Å². The zero-order valence-corrected chi connectivity index (χ0v) is 14.7. The van der Waals surface area contributed by atoms with Gasteiger partial charge in [-0.2, -0.15) is 0 Å². The zero-order chi connectivity index (χ0) is 18.5. The van der Waals surface area contributed by atoms with Gasteiger partial charge in [0, 0.05) is 0 Å². The molecule has 0 bridgehead atoms. The van der Waals surface area contributed by atoms with E-state index in [1.807, 2.05) is 36.4 Å². The molecular formula is C21H22O5. The molecule has 1 N–H and O–H groups in total. The smallest absolute Gasteiger partial charge is 0.465 e. The monoisotopic (exact) mass is 354 g/mol. The molecule has 0 spiro atoms.